The molecule has 2 aromatic heterocycles. The highest BCUT2D eigenvalue weighted by Crippen LogP contribution is 2.26. The molecule has 3 aromatic rings. The fourth-order valence-electron chi connectivity index (χ4n) is 2.23. The van der Waals surface area contributed by atoms with Crippen molar-refractivity contribution in [1.29, 1.82) is 0 Å². The van der Waals surface area contributed by atoms with Crippen LogP contribution >= 0.6 is 36.2 Å². The predicted octanol–water partition coefficient (Wildman–Crippen LogP) is 3.43. The number of aromatic amines is 1. The number of fused-ring (bicyclic) bond motifs is 1. The van der Waals surface area contributed by atoms with E-state index in [1.54, 1.807) is 11.3 Å². The van der Waals surface area contributed by atoms with Gasteiger partial charge in [0.2, 0.25) is 0 Å². The summed E-state index contributed by atoms with van der Waals surface area (Å²) in [5.41, 5.74) is 2.20. The molecule has 130 valence electrons. The van der Waals surface area contributed by atoms with Crippen LogP contribution in [0.3, 0.4) is 0 Å². The monoisotopic (exact) mass is 386 g/mol. The number of hydrogen-bond donors (Lipinski definition) is 2. The van der Waals surface area contributed by atoms with Crippen molar-refractivity contribution in [3.8, 4) is 10.7 Å². The molecule has 0 atom stereocenters. The van der Waals surface area contributed by atoms with E-state index in [4.69, 9.17) is 0 Å². The summed E-state index contributed by atoms with van der Waals surface area (Å²) < 4.78 is 0. The number of rotatable bonds is 5. The molecule has 0 aliphatic rings. The molecule has 0 aliphatic heterocycles. The highest BCUT2D eigenvalue weighted by molar-refractivity contribution is 7.13. The van der Waals surface area contributed by atoms with Gasteiger partial charge in [0.15, 0.2) is 0 Å². The number of amides is 1. The fraction of sp³-hybridized carbons (Fsp3) is 0.250. The number of para-hydroxylation sites is 1. The van der Waals surface area contributed by atoms with Gasteiger partial charge < -0.3 is 15.2 Å². The van der Waals surface area contributed by atoms with Crippen molar-refractivity contribution in [2.75, 3.05) is 27.2 Å². The van der Waals surface area contributed by atoms with Crippen LogP contribution in [0.25, 0.3) is 21.7 Å². The quantitative estimate of drug-likeness (QED) is 0.705. The molecule has 2 heterocycles. The molecule has 2 N–H and O–H groups in total. The summed E-state index contributed by atoms with van der Waals surface area (Å²) >= 11 is 1.62. The zero-order valence-corrected chi connectivity index (χ0v) is 15.9. The van der Waals surface area contributed by atoms with Crippen molar-refractivity contribution in [1.82, 2.24) is 20.2 Å². The normalized spacial score (nSPS) is 10.3. The van der Waals surface area contributed by atoms with Crippen LogP contribution in [-0.4, -0.2) is 48.0 Å². The maximum Gasteiger partial charge on any atom is 0.253 e. The minimum atomic E-state index is -0.0864. The number of nitrogens with zero attached hydrogens (tertiary/aromatic N) is 2. The van der Waals surface area contributed by atoms with Crippen molar-refractivity contribution in [2.45, 2.75) is 0 Å². The standard InChI is InChI=1S/C16H18N4OS.2ClH/c1-20(2)9-8-17-16(21)11-5-3-6-12-14(11)19-15(18-12)13-7-4-10-22-13;;/h3-7,10H,8-9H2,1-2H3,(H,17,21)(H,18,19);2*1H. The van der Waals surface area contributed by atoms with E-state index in [2.05, 4.69) is 15.3 Å². The molecule has 1 amide bonds. The van der Waals surface area contributed by atoms with Crippen LogP contribution in [-0.2, 0) is 0 Å². The Morgan fingerprint density at radius 2 is 2.04 bits per heavy atom. The first-order valence-electron chi connectivity index (χ1n) is 7.10. The van der Waals surface area contributed by atoms with Crippen molar-refractivity contribution in [2.24, 2.45) is 0 Å². The third kappa shape index (κ3) is 4.48. The molecule has 3 rings (SSSR count). The Hall–Kier alpha value is -1.60. The number of carbonyl (C=O) groups is 1. The molecule has 0 saturated heterocycles. The smallest absolute Gasteiger partial charge is 0.253 e. The van der Waals surface area contributed by atoms with E-state index in [-0.39, 0.29) is 30.7 Å². The largest absolute Gasteiger partial charge is 0.351 e. The number of H-pyrrole nitrogens is 1. The Balaban J connectivity index is 0.00000144. The molecule has 5 nitrogen and oxygen atoms in total. The second-order valence-electron chi connectivity index (χ2n) is 5.32. The second kappa shape index (κ2) is 9.03. The minimum Gasteiger partial charge on any atom is -0.351 e. The average molecular weight is 387 g/mol. The van der Waals surface area contributed by atoms with Crippen LogP contribution in [0.15, 0.2) is 35.7 Å². The maximum absolute atomic E-state index is 12.4. The Labute approximate surface area is 157 Å². The maximum atomic E-state index is 12.4. The van der Waals surface area contributed by atoms with E-state index in [0.717, 1.165) is 22.8 Å². The molecular formula is C16H20Cl2N4OS. The highest BCUT2D eigenvalue weighted by atomic mass is 35.5. The van der Waals surface area contributed by atoms with Gasteiger partial charge in [-0.25, -0.2) is 4.98 Å². The van der Waals surface area contributed by atoms with Crippen LogP contribution in [0.4, 0.5) is 0 Å². The highest BCUT2D eigenvalue weighted by Gasteiger charge is 2.14. The number of benzene rings is 1. The van der Waals surface area contributed by atoms with Crippen LogP contribution in [0.5, 0.6) is 0 Å². The lowest BCUT2D eigenvalue weighted by molar-refractivity contribution is 0.0952. The fourth-order valence-corrected chi connectivity index (χ4v) is 2.90. The van der Waals surface area contributed by atoms with Gasteiger partial charge in [-0.2, -0.15) is 0 Å². The molecule has 24 heavy (non-hydrogen) atoms. The van der Waals surface area contributed by atoms with E-state index < -0.39 is 0 Å². The first kappa shape index (κ1) is 20.4. The van der Waals surface area contributed by atoms with Crippen molar-refractivity contribution in [3.05, 3.63) is 41.3 Å². The van der Waals surface area contributed by atoms with Gasteiger partial charge in [0.05, 0.1) is 16.0 Å². The summed E-state index contributed by atoms with van der Waals surface area (Å²) in [6, 6.07) is 9.63. The molecule has 0 saturated carbocycles. The Bertz CT molecular complexity index is 787. The van der Waals surface area contributed by atoms with E-state index in [1.165, 1.54) is 0 Å². The third-order valence-corrected chi connectivity index (χ3v) is 4.23. The number of aromatic nitrogens is 2. The van der Waals surface area contributed by atoms with Crippen molar-refractivity contribution < 1.29 is 4.79 Å². The summed E-state index contributed by atoms with van der Waals surface area (Å²) in [4.78, 5) is 23.3. The van der Waals surface area contributed by atoms with Gasteiger partial charge in [0.25, 0.3) is 5.91 Å². The van der Waals surface area contributed by atoms with Gasteiger partial charge in [-0.15, -0.1) is 36.2 Å². The number of halogens is 2. The molecule has 1 aromatic carbocycles. The lowest BCUT2D eigenvalue weighted by atomic mass is 10.1. The van der Waals surface area contributed by atoms with Gasteiger partial charge in [0.1, 0.15) is 11.3 Å². The number of likely N-dealkylation sites (N-methyl/N-ethyl adjacent to an activating group) is 1. The number of imidazole rings is 1. The van der Waals surface area contributed by atoms with Gasteiger partial charge >= 0.3 is 0 Å². The lowest BCUT2D eigenvalue weighted by Crippen LogP contribution is -2.31. The van der Waals surface area contributed by atoms with E-state index in [9.17, 15) is 4.79 Å². The van der Waals surface area contributed by atoms with Gasteiger partial charge in [-0.3, -0.25) is 4.79 Å². The van der Waals surface area contributed by atoms with E-state index in [1.807, 2.05) is 54.7 Å². The number of thiophene rings is 1. The molecule has 8 heteroatoms. The van der Waals surface area contributed by atoms with Crippen LogP contribution in [0.2, 0.25) is 0 Å². The Morgan fingerprint density at radius 3 is 2.71 bits per heavy atom. The minimum absolute atomic E-state index is 0. The second-order valence-corrected chi connectivity index (χ2v) is 6.27. The van der Waals surface area contributed by atoms with Crippen molar-refractivity contribution in [3.63, 3.8) is 0 Å². The summed E-state index contributed by atoms with van der Waals surface area (Å²) in [5, 5.41) is 4.95. The van der Waals surface area contributed by atoms with Crippen LogP contribution in [0, 0.1) is 0 Å². The zero-order valence-electron chi connectivity index (χ0n) is 13.4. The summed E-state index contributed by atoms with van der Waals surface area (Å²) in [7, 11) is 3.96. The molecule has 0 unspecified atom stereocenters. The van der Waals surface area contributed by atoms with Gasteiger partial charge in [0, 0.05) is 13.1 Å². The summed E-state index contributed by atoms with van der Waals surface area (Å²) in [6.07, 6.45) is 0. The van der Waals surface area contributed by atoms with Gasteiger partial charge in [-0.05, 0) is 37.7 Å². The summed E-state index contributed by atoms with van der Waals surface area (Å²) in [5.74, 6) is 0.718. The molecule has 0 aliphatic carbocycles. The van der Waals surface area contributed by atoms with Crippen molar-refractivity contribution >= 4 is 53.1 Å². The molecule has 0 fully saturated rings. The predicted molar refractivity (Wildman–Crippen MR) is 105 cm³/mol. The Kier molecular flexibility index (Phi) is 7.69. The first-order valence-corrected chi connectivity index (χ1v) is 7.98. The molecule has 0 radical (unpaired) electrons. The lowest BCUT2D eigenvalue weighted by Gasteiger charge is -2.10. The Morgan fingerprint density at radius 1 is 1.25 bits per heavy atom. The number of hydrogen-bond acceptors (Lipinski definition) is 4. The molecular weight excluding hydrogens is 367 g/mol. The zero-order chi connectivity index (χ0) is 15.5. The van der Waals surface area contributed by atoms with E-state index in [0.29, 0.717) is 17.6 Å². The number of nitrogens with one attached hydrogen (secondary N) is 2. The number of carbonyl (C=O) groups excluding carboxylic acids is 1. The average Bonchev–Trinajstić information content (AvgIpc) is 3.14. The first-order chi connectivity index (χ1) is 10.6. The SMILES string of the molecule is CN(C)CCNC(=O)c1cccc2[nH]c(-c3cccs3)nc12.Cl.Cl. The van der Waals surface area contributed by atoms with Crippen LogP contribution < -0.4 is 5.32 Å². The third-order valence-electron chi connectivity index (χ3n) is 3.36. The topological polar surface area (TPSA) is 61.0 Å². The molecule has 0 bridgehead atoms. The summed E-state index contributed by atoms with van der Waals surface area (Å²) in [6.45, 7) is 1.42. The van der Waals surface area contributed by atoms with Gasteiger partial charge in [-0.1, -0.05) is 12.1 Å². The molecule has 0 spiro atoms. The van der Waals surface area contributed by atoms with Crippen LogP contribution in [0.1, 0.15) is 10.4 Å². The van der Waals surface area contributed by atoms with E-state index >= 15 is 0 Å².